The van der Waals surface area contributed by atoms with Crippen LogP contribution in [-0.2, 0) is 12.8 Å². The molecule has 0 saturated carbocycles. The first kappa shape index (κ1) is 22.7. The highest BCUT2D eigenvalue weighted by atomic mass is 19.4. The Bertz CT molecular complexity index is 1490. The molecule has 176 valence electrons. The van der Waals surface area contributed by atoms with Gasteiger partial charge in [0.15, 0.2) is 5.65 Å². The lowest BCUT2D eigenvalue weighted by atomic mass is 10.0. The Hall–Kier alpha value is -4.13. The Labute approximate surface area is 200 Å². The summed E-state index contributed by atoms with van der Waals surface area (Å²) in [6.07, 6.45) is -4.55. The topological polar surface area (TPSA) is 39.9 Å². The summed E-state index contributed by atoms with van der Waals surface area (Å²) in [5, 5.41) is 4.38. The quantitative estimate of drug-likeness (QED) is 0.269. The van der Waals surface area contributed by atoms with Gasteiger partial charge in [-0.05, 0) is 67.4 Å². The predicted molar refractivity (Wildman–Crippen MR) is 130 cm³/mol. The molecule has 0 saturated heterocycles. The van der Waals surface area contributed by atoms with Crippen molar-refractivity contribution < 1.29 is 17.9 Å². The average Bonchev–Trinajstić information content (AvgIpc) is 3.19. The molecule has 0 amide bonds. The van der Waals surface area contributed by atoms with Gasteiger partial charge >= 0.3 is 6.18 Å². The second-order valence-electron chi connectivity index (χ2n) is 8.32. The fourth-order valence-corrected chi connectivity index (χ4v) is 4.06. The van der Waals surface area contributed by atoms with Crippen molar-refractivity contribution in [2.45, 2.75) is 26.6 Å². The summed E-state index contributed by atoms with van der Waals surface area (Å²) in [7, 11) is 0. The Morgan fingerprint density at radius 1 is 0.857 bits per heavy atom. The number of pyridine rings is 1. The fraction of sp³-hybridized carbons (Fsp3) is 0.143. The lowest BCUT2D eigenvalue weighted by Gasteiger charge is -2.12. The van der Waals surface area contributed by atoms with E-state index < -0.39 is 11.7 Å². The molecule has 0 bridgehead atoms. The van der Waals surface area contributed by atoms with Crippen LogP contribution in [0.5, 0.6) is 5.75 Å². The minimum Gasteiger partial charge on any atom is -0.489 e. The van der Waals surface area contributed by atoms with E-state index in [0.29, 0.717) is 23.6 Å². The van der Waals surface area contributed by atoms with Crippen LogP contribution in [0.1, 0.15) is 22.4 Å². The maximum absolute atomic E-state index is 14.1. The van der Waals surface area contributed by atoms with Gasteiger partial charge in [-0.25, -0.2) is 9.67 Å². The van der Waals surface area contributed by atoms with Crippen LogP contribution in [0.15, 0.2) is 84.9 Å². The van der Waals surface area contributed by atoms with E-state index in [9.17, 15) is 13.2 Å². The highest BCUT2D eigenvalue weighted by Crippen LogP contribution is 2.38. The number of nitrogens with zero attached hydrogens (tertiary/aromatic N) is 3. The Balaban J connectivity index is 1.54. The zero-order valence-corrected chi connectivity index (χ0v) is 19.2. The summed E-state index contributed by atoms with van der Waals surface area (Å²) in [6, 6.07) is 25.0. The Morgan fingerprint density at radius 2 is 1.54 bits per heavy atom. The highest BCUT2D eigenvalue weighted by Gasteiger charge is 2.35. The Kier molecular flexibility index (Phi) is 5.76. The lowest BCUT2D eigenvalue weighted by Crippen LogP contribution is -2.08. The highest BCUT2D eigenvalue weighted by molar-refractivity contribution is 5.87. The predicted octanol–water partition coefficient (Wildman–Crippen LogP) is 7.30. The molecular weight excluding hydrogens is 451 g/mol. The zero-order chi connectivity index (χ0) is 24.6. The van der Waals surface area contributed by atoms with Crippen LogP contribution in [0.25, 0.3) is 28.0 Å². The maximum atomic E-state index is 14.1. The number of hydrogen-bond donors (Lipinski definition) is 0. The number of rotatable bonds is 5. The van der Waals surface area contributed by atoms with Gasteiger partial charge in [0.1, 0.15) is 12.4 Å². The molecule has 0 aliphatic carbocycles. The van der Waals surface area contributed by atoms with Crippen molar-refractivity contribution in [1.29, 1.82) is 0 Å². The maximum Gasteiger partial charge on any atom is 0.417 e. The summed E-state index contributed by atoms with van der Waals surface area (Å²) in [6.45, 7) is 3.99. The summed E-state index contributed by atoms with van der Waals surface area (Å²) in [5.74, 6) is 0.624. The van der Waals surface area contributed by atoms with Crippen LogP contribution < -0.4 is 4.74 Å². The first-order valence-corrected chi connectivity index (χ1v) is 11.1. The fourth-order valence-electron chi connectivity index (χ4n) is 4.06. The molecular formula is C28H22F3N3O. The number of aryl methyl sites for hydroxylation is 2. The van der Waals surface area contributed by atoms with Crippen molar-refractivity contribution in [3.63, 3.8) is 0 Å². The minimum absolute atomic E-state index is 0.00304. The SMILES string of the molecule is Cc1ccccc1COc1ccc(-c2cc(C(F)(F)F)c3c(C)nn(-c4ccccc4)c3n2)cc1. The van der Waals surface area contributed by atoms with Gasteiger partial charge in [0.2, 0.25) is 0 Å². The second-order valence-corrected chi connectivity index (χ2v) is 8.32. The minimum atomic E-state index is -4.55. The monoisotopic (exact) mass is 473 g/mol. The van der Waals surface area contributed by atoms with E-state index in [1.807, 2.05) is 49.4 Å². The third-order valence-corrected chi connectivity index (χ3v) is 5.92. The van der Waals surface area contributed by atoms with Crippen LogP contribution in [-0.4, -0.2) is 14.8 Å². The number of halogens is 3. The van der Waals surface area contributed by atoms with Crippen LogP contribution in [0.3, 0.4) is 0 Å². The standard InChI is InChI=1S/C28H22F3N3O/c1-18-8-6-7-9-21(18)17-35-23-14-12-20(13-15-23)25-16-24(28(29,30)31)26-19(2)33-34(27(26)32-25)22-10-4-3-5-11-22/h3-16H,17H2,1-2H3. The van der Waals surface area contributed by atoms with Crippen molar-refractivity contribution in [2.24, 2.45) is 0 Å². The molecule has 0 atom stereocenters. The number of ether oxygens (including phenoxy) is 1. The van der Waals surface area contributed by atoms with E-state index in [1.54, 1.807) is 43.3 Å². The number of alkyl halides is 3. The van der Waals surface area contributed by atoms with Crippen LogP contribution in [0.2, 0.25) is 0 Å². The number of fused-ring (bicyclic) bond motifs is 1. The third-order valence-electron chi connectivity index (χ3n) is 5.92. The second kappa shape index (κ2) is 8.91. The van der Waals surface area contributed by atoms with Crippen LogP contribution in [0.4, 0.5) is 13.2 Å². The van der Waals surface area contributed by atoms with E-state index in [2.05, 4.69) is 10.1 Å². The van der Waals surface area contributed by atoms with E-state index in [4.69, 9.17) is 4.74 Å². The molecule has 0 fully saturated rings. The number of benzene rings is 3. The summed E-state index contributed by atoms with van der Waals surface area (Å²) >= 11 is 0. The molecule has 0 radical (unpaired) electrons. The molecule has 5 rings (SSSR count). The zero-order valence-electron chi connectivity index (χ0n) is 19.2. The number of aromatic nitrogens is 3. The van der Waals surface area contributed by atoms with Crippen molar-refractivity contribution in [3.05, 3.63) is 107 Å². The van der Waals surface area contributed by atoms with Gasteiger partial charge in [0, 0.05) is 5.56 Å². The molecule has 0 N–H and O–H groups in total. The summed E-state index contributed by atoms with van der Waals surface area (Å²) < 4.78 is 49.6. The van der Waals surface area contributed by atoms with Gasteiger partial charge in [-0.1, -0.05) is 42.5 Å². The normalized spacial score (nSPS) is 11.7. The third kappa shape index (κ3) is 4.49. The molecule has 35 heavy (non-hydrogen) atoms. The summed E-state index contributed by atoms with van der Waals surface area (Å²) in [5.41, 5.74) is 3.30. The summed E-state index contributed by atoms with van der Waals surface area (Å²) in [4.78, 5) is 4.61. The lowest BCUT2D eigenvalue weighted by molar-refractivity contribution is -0.136. The van der Waals surface area contributed by atoms with E-state index >= 15 is 0 Å². The molecule has 4 nitrogen and oxygen atoms in total. The molecule has 2 heterocycles. The van der Waals surface area contributed by atoms with E-state index in [1.165, 1.54) is 4.68 Å². The molecule has 0 aliphatic heterocycles. The van der Waals surface area contributed by atoms with Crippen LogP contribution in [0, 0.1) is 13.8 Å². The largest absolute Gasteiger partial charge is 0.489 e. The van der Waals surface area contributed by atoms with Crippen LogP contribution >= 0.6 is 0 Å². The van der Waals surface area contributed by atoms with Crippen molar-refractivity contribution >= 4 is 11.0 Å². The van der Waals surface area contributed by atoms with Crippen molar-refractivity contribution in [2.75, 3.05) is 0 Å². The van der Waals surface area contributed by atoms with Gasteiger partial charge in [-0.2, -0.15) is 18.3 Å². The number of para-hydroxylation sites is 1. The smallest absolute Gasteiger partial charge is 0.417 e. The van der Waals surface area contributed by atoms with Gasteiger partial charge in [0.25, 0.3) is 0 Å². The van der Waals surface area contributed by atoms with Crippen molar-refractivity contribution in [3.8, 4) is 22.7 Å². The molecule has 2 aromatic heterocycles. The van der Waals surface area contributed by atoms with Crippen molar-refractivity contribution in [1.82, 2.24) is 14.8 Å². The van der Waals surface area contributed by atoms with E-state index in [0.717, 1.165) is 17.2 Å². The van der Waals surface area contributed by atoms with Gasteiger partial charge in [-0.15, -0.1) is 0 Å². The molecule has 3 aromatic carbocycles. The van der Waals surface area contributed by atoms with Gasteiger partial charge < -0.3 is 4.74 Å². The van der Waals surface area contributed by atoms with Gasteiger partial charge in [0.05, 0.1) is 28.0 Å². The number of hydrogen-bond acceptors (Lipinski definition) is 3. The molecule has 0 unspecified atom stereocenters. The molecule has 0 spiro atoms. The first-order valence-electron chi connectivity index (χ1n) is 11.1. The van der Waals surface area contributed by atoms with E-state index in [-0.39, 0.29) is 22.4 Å². The molecule has 7 heteroatoms. The average molecular weight is 473 g/mol. The first-order chi connectivity index (χ1) is 16.8. The van der Waals surface area contributed by atoms with Gasteiger partial charge in [-0.3, -0.25) is 0 Å². The molecule has 0 aliphatic rings. The Morgan fingerprint density at radius 3 is 2.23 bits per heavy atom. The molecule has 5 aromatic rings.